The molecule has 2 N–H and O–H groups in total. The minimum atomic E-state index is -1.08. The molecule has 1 rings (SSSR count). The van der Waals surface area contributed by atoms with Crippen LogP contribution >= 0.6 is 0 Å². The van der Waals surface area contributed by atoms with Gasteiger partial charge in [-0.3, -0.25) is 0 Å². The van der Waals surface area contributed by atoms with E-state index in [1.165, 1.54) is 0 Å². The summed E-state index contributed by atoms with van der Waals surface area (Å²) in [7, 11) is 0. The minimum Gasteiger partial charge on any atom is -0.507 e. The summed E-state index contributed by atoms with van der Waals surface area (Å²) in [6.45, 7) is 1.70. The van der Waals surface area contributed by atoms with Gasteiger partial charge in [0, 0.05) is 5.56 Å². The molecule has 1 aromatic rings. The zero-order valence-corrected chi connectivity index (χ0v) is 7.90. The molecule has 0 bridgehead atoms. The molecule has 0 spiro atoms. The second-order valence-electron chi connectivity index (χ2n) is 2.85. The molecule has 0 heterocycles. The van der Waals surface area contributed by atoms with E-state index in [1.54, 1.807) is 31.2 Å². The van der Waals surface area contributed by atoms with Crippen molar-refractivity contribution in [2.75, 3.05) is 0 Å². The predicted molar refractivity (Wildman–Crippen MR) is 53.9 cm³/mol. The highest BCUT2D eigenvalue weighted by Gasteiger charge is 2.12. The number of hydrogen-bond donors (Lipinski definition) is 2. The number of aliphatic carboxylic acids is 1. The number of rotatable bonds is 3. The zero-order valence-electron chi connectivity index (χ0n) is 7.90. The van der Waals surface area contributed by atoms with Crippen LogP contribution in [0.15, 0.2) is 35.9 Å². The van der Waals surface area contributed by atoms with Crippen molar-refractivity contribution in [2.45, 2.75) is 13.3 Å². The molecule has 3 heteroatoms. The first-order valence-corrected chi connectivity index (χ1v) is 4.37. The molecule has 0 radical (unpaired) electrons. The summed E-state index contributed by atoms with van der Waals surface area (Å²) in [4.78, 5) is 10.7. The van der Waals surface area contributed by atoms with Crippen LogP contribution in [-0.2, 0) is 4.79 Å². The third-order valence-electron chi connectivity index (χ3n) is 1.94. The average Bonchev–Trinajstić information content (AvgIpc) is 2.19. The van der Waals surface area contributed by atoms with Gasteiger partial charge in [0.25, 0.3) is 0 Å². The van der Waals surface area contributed by atoms with Crippen LogP contribution in [0.25, 0.3) is 5.76 Å². The third-order valence-corrected chi connectivity index (χ3v) is 1.94. The van der Waals surface area contributed by atoms with Gasteiger partial charge in [0.05, 0.1) is 5.57 Å². The summed E-state index contributed by atoms with van der Waals surface area (Å²) in [5.74, 6) is -1.23. The van der Waals surface area contributed by atoms with Crippen LogP contribution in [-0.4, -0.2) is 16.2 Å². The second kappa shape index (κ2) is 4.46. The van der Waals surface area contributed by atoms with E-state index in [4.69, 9.17) is 5.11 Å². The smallest absolute Gasteiger partial charge is 0.335 e. The monoisotopic (exact) mass is 192 g/mol. The molecule has 0 saturated heterocycles. The van der Waals surface area contributed by atoms with Crippen molar-refractivity contribution < 1.29 is 15.0 Å². The maximum absolute atomic E-state index is 10.7. The van der Waals surface area contributed by atoms with Crippen molar-refractivity contribution in [3.05, 3.63) is 41.5 Å². The van der Waals surface area contributed by atoms with E-state index in [2.05, 4.69) is 0 Å². The Bertz CT molecular complexity index is 352. The number of benzene rings is 1. The average molecular weight is 192 g/mol. The molecule has 0 saturated carbocycles. The van der Waals surface area contributed by atoms with Crippen molar-refractivity contribution in [1.82, 2.24) is 0 Å². The van der Waals surface area contributed by atoms with E-state index in [0.29, 0.717) is 12.0 Å². The fraction of sp³-hybridized carbons (Fsp3) is 0.182. The van der Waals surface area contributed by atoms with E-state index < -0.39 is 5.97 Å². The first-order valence-electron chi connectivity index (χ1n) is 4.37. The van der Waals surface area contributed by atoms with E-state index in [9.17, 15) is 9.90 Å². The highest BCUT2D eigenvalue weighted by molar-refractivity contribution is 5.94. The molecule has 0 unspecified atom stereocenters. The van der Waals surface area contributed by atoms with Gasteiger partial charge in [-0.05, 0) is 6.42 Å². The Morgan fingerprint density at radius 2 is 1.79 bits per heavy atom. The van der Waals surface area contributed by atoms with Crippen molar-refractivity contribution in [3.8, 4) is 0 Å². The largest absolute Gasteiger partial charge is 0.507 e. The van der Waals surface area contributed by atoms with Crippen LogP contribution in [0, 0.1) is 0 Å². The Labute approximate surface area is 82.3 Å². The van der Waals surface area contributed by atoms with E-state index in [-0.39, 0.29) is 11.3 Å². The molecule has 0 aliphatic rings. The lowest BCUT2D eigenvalue weighted by Gasteiger charge is -2.04. The van der Waals surface area contributed by atoms with Gasteiger partial charge in [-0.1, -0.05) is 37.3 Å². The number of aliphatic hydroxyl groups is 1. The Morgan fingerprint density at radius 1 is 1.21 bits per heavy atom. The Morgan fingerprint density at radius 3 is 2.21 bits per heavy atom. The molecular formula is C11H12O3. The van der Waals surface area contributed by atoms with E-state index >= 15 is 0 Å². The zero-order chi connectivity index (χ0) is 10.6. The molecule has 0 amide bonds. The van der Waals surface area contributed by atoms with Gasteiger partial charge in [-0.2, -0.15) is 0 Å². The number of aliphatic hydroxyl groups excluding tert-OH is 1. The van der Waals surface area contributed by atoms with Crippen molar-refractivity contribution in [3.63, 3.8) is 0 Å². The maximum atomic E-state index is 10.7. The molecule has 0 aliphatic carbocycles. The lowest BCUT2D eigenvalue weighted by atomic mass is 10.1. The Balaban J connectivity index is 3.15. The van der Waals surface area contributed by atoms with E-state index in [0.717, 1.165) is 0 Å². The molecule has 0 fully saturated rings. The van der Waals surface area contributed by atoms with Crippen LogP contribution in [0.3, 0.4) is 0 Å². The minimum absolute atomic E-state index is 0.0381. The highest BCUT2D eigenvalue weighted by atomic mass is 16.4. The standard InChI is InChI=1S/C11H12O3/c1-2-9(11(13)14)10(12)8-6-4-3-5-7-8/h3-7,12H,2H2,1H3,(H,13,14). The van der Waals surface area contributed by atoms with Crippen LogP contribution < -0.4 is 0 Å². The second-order valence-corrected chi connectivity index (χ2v) is 2.85. The number of hydrogen-bond acceptors (Lipinski definition) is 2. The van der Waals surface area contributed by atoms with Crippen LogP contribution in [0.2, 0.25) is 0 Å². The molecule has 74 valence electrons. The van der Waals surface area contributed by atoms with Crippen LogP contribution in [0.5, 0.6) is 0 Å². The van der Waals surface area contributed by atoms with Gasteiger partial charge in [0.15, 0.2) is 0 Å². The first kappa shape index (κ1) is 10.3. The summed E-state index contributed by atoms with van der Waals surface area (Å²) in [6, 6.07) is 8.66. The molecule has 1 aromatic carbocycles. The van der Waals surface area contributed by atoms with Gasteiger partial charge in [0.2, 0.25) is 0 Å². The topological polar surface area (TPSA) is 57.5 Å². The van der Waals surface area contributed by atoms with E-state index in [1.807, 2.05) is 6.07 Å². The lowest BCUT2D eigenvalue weighted by molar-refractivity contribution is -0.132. The summed E-state index contributed by atoms with van der Waals surface area (Å²) < 4.78 is 0. The highest BCUT2D eigenvalue weighted by Crippen LogP contribution is 2.17. The predicted octanol–water partition coefficient (Wildman–Crippen LogP) is 2.45. The Hall–Kier alpha value is -1.77. The molecular weight excluding hydrogens is 180 g/mol. The molecule has 0 aliphatic heterocycles. The number of carbonyl (C=O) groups is 1. The lowest BCUT2D eigenvalue weighted by Crippen LogP contribution is -2.03. The number of carboxylic acids is 1. The SMILES string of the molecule is CCC(C(=O)O)=C(O)c1ccccc1. The van der Waals surface area contributed by atoms with Gasteiger partial charge in [-0.25, -0.2) is 4.79 Å². The number of carboxylic acid groups (broad SMARTS) is 1. The summed E-state index contributed by atoms with van der Waals surface area (Å²) >= 11 is 0. The normalized spacial score (nSPS) is 12.1. The van der Waals surface area contributed by atoms with Crippen molar-refractivity contribution in [1.29, 1.82) is 0 Å². The van der Waals surface area contributed by atoms with Crippen LogP contribution in [0.1, 0.15) is 18.9 Å². The molecule has 0 aromatic heterocycles. The fourth-order valence-corrected chi connectivity index (χ4v) is 1.19. The van der Waals surface area contributed by atoms with Gasteiger partial charge in [0.1, 0.15) is 5.76 Å². The van der Waals surface area contributed by atoms with Gasteiger partial charge < -0.3 is 10.2 Å². The molecule has 3 nitrogen and oxygen atoms in total. The van der Waals surface area contributed by atoms with Gasteiger partial charge >= 0.3 is 5.97 Å². The first-order chi connectivity index (χ1) is 6.66. The van der Waals surface area contributed by atoms with Crippen molar-refractivity contribution >= 4 is 11.7 Å². The summed E-state index contributed by atoms with van der Waals surface area (Å²) in [5.41, 5.74) is 0.572. The third kappa shape index (κ3) is 2.13. The van der Waals surface area contributed by atoms with Crippen LogP contribution in [0.4, 0.5) is 0 Å². The molecule has 14 heavy (non-hydrogen) atoms. The molecule has 0 atom stereocenters. The van der Waals surface area contributed by atoms with Gasteiger partial charge in [-0.15, -0.1) is 0 Å². The summed E-state index contributed by atoms with van der Waals surface area (Å²) in [6.07, 6.45) is 0.302. The fourth-order valence-electron chi connectivity index (χ4n) is 1.19. The quantitative estimate of drug-likeness (QED) is 0.571. The van der Waals surface area contributed by atoms with Crippen molar-refractivity contribution in [2.24, 2.45) is 0 Å². The maximum Gasteiger partial charge on any atom is 0.335 e. The summed E-state index contributed by atoms with van der Waals surface area (Å²) in [5, 5.41) is 18.4. The Kier molecular flexibility index (Phi) is 3.29.